The van der Waals surface area contributed by atoms with Crippen molar-refractivity contribution in [2.75, 3.05) is 0 Å². The average Bonchev–Trinajstić information content (AvgIpc) is 3.69. The van der Waals surface area contributed by atoms with Crippen LogP contribution in [0, 0.1) is 0 Å². The fourth-order valence-corrected chi connectivity index (χ4v) is 8.80. The number of hydrogen-bond donors (Lipinski definition) is 0. The van der Waals surface area contributed by atoms with Gasteiger partial charge in [-0.05, 0) is 108 Å². The van der Waals surface area contributed by atoms with Crippen LogP contribution in [0.5, 0.6) is 0 Å². The molecule has 0 amide bonds. The van der Waals surface area contributed by atoms with E-state index in [1.165, 1.54) is 101 Å². The van der Waals surface area contributed by atoms with Gasteiger partial charge in [-0.2, -0.15) is 0 Å². The van der Waals surface area contributed by atoms with Crippen LogP contribution < -0.4 is 0 Å². The smallest absolute Gasteiger partial charge is 0.0159 e. The minimum atomic E-state index is 0. The van der Waals surface area contributed by atoms with E-state index in [4.69, 9.17) is 0 Å². The van der Waals surface area contributed by atoms with Crippen molar-refractivity contribution in [1.29, 1.82) is 0 Å². The van der Waals surface area contributed by atoms with E-state index in [9.17, 15) is 0 Å². The minimum absolute atomic E-state index is 0. The first-order valence-electron chi connectivity index (χ1n) is 23.1. The van der Waals surface area contributed by atoms with Gasteiger partial charge in [-0.3, -0.25) is 0 Å². The van der Waals surface area contributed by atoms with Crippen LogP contribution in [0.25, 0.3) is 66.1 Å². The third-order valence-electron chi connectivity index (χ3n) is 11.7. The van der Waals surface area contributed by atoms with Crippen molar-refractivity contribution in [2.45, 2.75) is 122 Å². The number of fused-ring (bicyclic) bond motifs is 8. The summed E-state index contributed by atoms with van der Waals surface area (Å²) in [6.45, 7) is 25.8. The highest BCUT2D eigenvalue weighted by molar-refractivity contribution is 6.03. The van der Waals surface area contributed by atoms with Crippen molar-refractivity contribution in [3.63, 3.8) is 0 Å². The quantitative estimate of drug-likeness (QED) is 0.152. The van der Waals surface area contributed by atoms with Gasteiger partial charge in [0.25, 0.3) is 0 Å². The zero-order chi connectivity index (χ0) is 44.9. The molecule has 0 atom stereocenters. The summed E-state index contributed by atoms with van der Waals surface area (Å²) in [5.41, 5.74) is 16.6. The van der Waals surface area contributed by atoms with Gasteiger partial charge in [0.1, 0.15) is 0 Å². The van der Waals surface area contributed by atoms with Gasteiger partial charge >= 0.3 is 0 Å². The lowest BCUT2D eigenvalue weighted by Crippen LogP contribution is -2.14. The van der Waals surface area contributed by atoms with Crippen LogP contribution in [0.2, 0.25) is 0 Å². The highest BCUT2D eigenvalue weighted by Gasteiger charge is 2.37. The molecule has 0 nitrogen and oxygen atoms in total. The van der Waals surface area contributed by atoms with E-state index in [0.29, 0.717) is 0 Å². The second-order valence-electron chi connectivity index (χ2n) is 17.0. The molecular weight excluding hydrogens is 769 g/mol. The molecule has 0 bridgehead atoms. The van der Waals surface area contributed by atoms with Crippen molar-refractivity contribution in [2.24, 2.45) is 0 Å². The van der Waals surface area contributed by atoms with E-state index in [2.05, 4.69) is 225 Å². The first kappa shape index (κ1) is 52.4. The number of rotatable bonds is 2. The van der Waals surface area contributed by atoms with Gasteiger partial charge in [-0.1, -0.05) is 273 Å². The molecule has 0 heterocycles. The van der Waals surface area contributed by atoms with Crippen LogP contribution in [-0.2, 0) is 10.8 Å². The fourth-order valence-electron chi connectivity index (χ4n) is 8.80. The maximum absolute atomic E-state index is 2.38. The summed E-state index contributed by atoms with van der Waals surface area (Å²) >= 11 is 0. The SMILES string of the molecule is C.C.CC.CC1(C)c2ccccc2-c2c(-c3cccc4ccccc34)cccc21.CC1(C)c2ccccc2-c2cc(-c3cccc4ccccc34)ccc21.CC=CC.CCC.CCC. The molecule has 64 heavy (non-hydrogen) atoms. The Labute approximate surface area is 390 Å². The van der Waals surface area contributed by atoms with Crippen molar-refractivity contribution >= 4 is 21.5 Å². The lowest BCUT2D eigenvalue weighted by Gasteiger charge is -2.21. The van der Waals surface area contributed by atoms with E-state index >= 15 is 0 Å². The third-order valence-corrected chi connectivity index (χ3v) is 11.7. The maximum atomic E-state index is 2.38. The fraction of sp³-hybridized carbons (Fsp3) is 0.281. The molecule has 0 unspecified atom stereocenters. The molecule has 0 heteroatoms. The number of allylic oxidation sites excluding steroid dienone is 2. The Bertz CT molecular complexity index is 2700. The zero-order valence-electron chi connectivity index (χ0n) is 39.7. The summed E-state index contributed by atoms with van der Waals surface area (Å²) in [4.78, 5) is 0. The normalized spacial score (nSPS) is 12.4. The molecule has 2 aliphatic carbocycles. The topological polar surface area (TPSA) is 0 Å². The van der Waals surface area contributed by atoms with Gasteiger partial charge < -0.3 is 0 Å². The summed E-state index contributed by atoms with van der Waals surface area (Å²) in [6.07, 6.45) is 6.50. The average molecular weight is 847 g/mol. The van der Waals surface area contributed by atoms with E-state index in [1.54, 1.807) is 0 Å². The summed E-state index contributed by atoms with van der Waals surface area (Å²) in [7, 11) is 0. The summed E-state index contributed by atoms with van der Waals surface area (Å²) in [6, 6.07) is 62.0. The molecule has 10 rings (SSSR count). The third kappa shape index (κ3) is 10.7. The van der Waals surface area contributed by atoms with Crippen LogP contribution >= 0.6 is 0 Å². The van der Waals surface area contributed by atoms with E-state index < -0.39 is 0 Å². The molecule has 2 aliphatic rings. The van der Waals surface area contributed by atoms with Crippen LogP contribution in [0.3, 0.4) is 0 Å². The van der Waals surface area contributed by atoms with Crippen molar-refractivity contribution < 1.29 is 0 Å². The van der Waals surface area contributed by atoms with Gasteiger partial charge in [0.15, 0.2) is 0 Å². The monoisotopic (exact) mass is 847 g/mol. The standard InChI is InChI=1S/2C25H20.C4H8.2C3H8.C2H6.2CH4/c1-25(2)22-15-6-5-12-21(22)24-20(14-8-16-23(24)25)19-13-7-10-17-9-3-4-11-18(17)19;1-25(2)23-13-6-5-11-21(23)22-16-18(14-15-24(22)25)20-12-7-9-17-8-3-4-10-19(17)20;1-3-4-2;2*1-3-2;1-2;;/h2*3-16H,1-2H3;3-4H,1-2H3;2*3H2,1-2H3;1-2H3;2*1H4. The van der Waals surface area contributed by atoms with Crippen molar-refractivity contribution in [1.82, 2.24) is 0 Å². The Kier molecular flexibility index (Phi) is 19.8. The maximum Gasteiger partial charge on any atom is 0.0159 e. The molecule has 0 saturated carbocycles. The molecule has 0 spiro atoms. The van der Waals surface area contributed by atoms with Gasteiger partial charge in [-0.25, -0.2) is 0 Å². The van der Waals surface area contributed by atoms with Gasteiger partial charge in [0.2, 0.25) is 0 Å². The Hall–Kier alpha value is -5.98. The largest absolute Gasteiger partial charge is 0.0919 e. The molecule has 8 aromatic carbocycles. The Morgan fingerprint density at radius 3 is 1.28 bits per heavy atom. The molecule has 0 aromatic heterocycles. The van der Waals surface area contributed by atoms with E-state index in [-0.39, 0.29) is 25.7 Å². The Morgan fingerprint density at radius 2 is 0.719 bits per heavy atom. The van der Waals surface area contributed by atoms with Gasteiger partial charge in [0, 0.05) is 10.8 Å². The zero-order valence-corrected chi connectivity index (χ0v) is 39.7. The molecule has 8 aromatic rings. The molecule has 0 fully saturated rings. The number of benzene rings is 8. The second-order valence-corrected chi connectivity index (χ2v) is 17.0. The summed E-state index contributed by atoms with van der Waals surface area (Å²) < 4.78 is 0. The molecule has 0 radical (unpaired) electrons. The minimum Gasteiger partial charge on any atom is -0.0919 e. The van der Waals surface area contributed by atoms with E-state index in [1.807, 2.05) is 39.8 Å². The molecule has 0 N–H and O–H groups in total. The molecule has 0 saturated heterocycles. The van der Waals surface area contributed by atoms with Crippen LogP contribution in [0.1, 0.15) is 133 Å². The highest BCUT2D eigenvalue weighted by atomic mass is 14.4. The lowest BCUT2D eigenvalue weighted by atomic mass is 9.82. The first-order valence-corrected chi connectivity index (χ1v) is 23.1. The molecular formula is C64H78. The Balaban J connectivity index is 0.000000267. The predicted molar refractivity (Wildman–Crippen MR) is 291 cm³/mol. The summed E-state index contributed by atoms with van der Waals surface area (Å²) in [5, 5.41) is 5.22. The van der Waals surface area contributed by atoms with Crippen LogP contribution in [0.15, 0.2) is 182 Å². The van der Waals surface area contributed by atoms with Crippen LogP contribution in [0.4, 0.5) is 0 Å². The molecule has 334 valence electrons. The van der Waals surface area contributed by atoms with Gasteiger partial charge in [0.05, 0.1) is 0 Å². The summed E-state index contributed by atoms with van der Waals surface area (Å²) in [5.74, 6) is 0. The molecule has 0 aliphatic heterocycles. The lowest BCUT2D eigenvalue weighted by molar-refractivity contribution is 0.660. The van der Waals surface area contributed by atoms with Crippen molar-refractivity contribution in [3.05, 3.63) is 204 Å². The van der Waals surface area contributed by atoms with Crippen LogP contribution in [-0.4, -0.2) is 0 Å². The Morgan fingerprint density at radius 1 is 0.359 bits per heavy atom. The highest BCUT2D eigenvalue weighted by Crippen LogP contribution is 2.53. The number of hydrogen-bond acceptors (Lipinski definition) is 0. The first-order chi connectivity index (χ1) is 30.1. The predicted octanol–water partition coefficient (Wildman–Crippen LogP) is 20.3. The van der Waals surface area contributed by atoms with E-state index in [0.717, 1.165) is 0 Å². The van der Waals surface area contributed by atoms with Crippen molar-refractivity contribution in [3.8, 4) is 44.5 Å². The van der Waals surface area contributed by atoms with Gasteiger partial charge in [-0.15, -0.1) is 0 Å². The second kappa shape index (κ2) is 24.2.